The minimum Gasteiger partial charge on any atom is -0.399 e. The van der Waals surface area contributed by atoms with Crippen molar-refractivity contribution in [2.24, 2.45) is 0 Å². The van der Waals surface area contributed by atoms with E-state index in [1.807, 2.05) is 52.1 Å². The van der Waals surface area contributed by atoms with Crippen molar-refractivity contribution >= 4 is 31.6 Å². The minimum atomic E-state index is -4.55. The van der Waals surface area contributed by atoms with E-state index in [9.17, 15) is 25.9 Å². The Morgan fingerprint density at radius 1 is 0.677 bits per heavy atom. The first-order chi connectivity index (χ1) is 13.9. The van der Waals surface area contributed by atoms with Gasteiger partial charge in [-0.3, -0.25) is 9.11 Å². The third-order valence-electron chi connectivity index (χ3n) is 3.12. The van der Waals surface area contributed by atoms with Gasteiger partial charge in [0.15, 0.2) is 0 Å². The lowest BCUT2D eigenvalue weighted by Crippen LogP contribution is -2.08. The zero-order chi connectivity index (χ0) is 24.6. The molecule has 0 saturated heterocycles. The average Bonchev–Trinajstić information content (AvgIpc) is 2.55. The molecule has 0 aliphatic carbocycles. The zero-order valence-electron chi connectivity index (χ0n) is 18.6. The molecule has 0 aliphatic heterocycles. The highest BCUT2D eigenvalue weighted by molar-refractivity contribution is 7.86. The number of nitrogen functional groups attached to an aromatic ring is 2. The van der Waals surface area contributed by atoms with Crippen LogP contribution in [0.15, 0.2) is 46.2 Å². The topological polar surface area (TPSA) is 167 Å². The van der Waals surface area contributed by atoms with Gasteiger partial charge in [0.25, 0.3) is 20.2 Å². The molecule has 6 N–H and O–H groups in total. The van der Waals surface area contributed by atoms with Crippen LogP contribution in [0.4, 0.5) is 11.4 Å². The molecule has 2 aromatic rings. The normalized spacial score (nSPS) is 11.4. The maximum atomic E-state index is 11.4. The Bertz CT molecular complexity index is 978. The largest absolute Gasteiger partial charge is 0.399 e. The molecule has 0 unspecified atom stereocenters. The van der Waals surface area contributed by atoms with Gasteiger partial charge in [-0.25, -0.2) is 0 Å². The lowest BCUT2D eigenvalue weighted by molar-refractivity contribution is 0.481. The molecule has 2 aromatic carbocycles. The van der Waals surface area contributed by atoms with Gasteiger partial charge in [-0.2, -0.15) is 16.8 Å². The van der Waals surface area contributed by atoms with Crippen molar-refractivity contribution in [3.05, 3.63) is 47.5 Å². The van der Waals surface area contributed by atoms with Crippen molar-refractivity contribution in [1.29, 1.82) is 0 Å². The summed E-state index contributed by atoms with van der Waals surface area (Å²) in [7, 11) is 2.90. The summed E-state index contributed by atoms with van der Waals surface area (Å²) in [6, 6.07) is 7.65. The van der Waals surface area contributed by atoms with E-state index in [0.717, 1.165) is 12.1 Å². The van der Waals surface area contributed by atoms with E-state index in [4.69, 9.17) is 11.5 Å². The number of nitrogens with two attached hydrogens (primary N) is 2. The van der Waals surface area contributed by atoms with E-state index in [0.29, 0.717) is 0 Å². The molecule has 0 aliphatic rings. The molecular weight excluding hydrogens is 444 g/mol. The molecule has 0 spiro atoms. The molecule has 0 fully saturated rings. The Labute approximate surface area is 185 Å². The Hall–Kier alpha value is -2.22. The predicted octanol–water partition coefficient (Wildman–Crippen LogP) is 1.29. The van der Waals surface area contributed by atoms with E-state index in [1.165, 1.54) is 24.3 Å². The summed E-state index contributed by atoms with van der Waals surface area (Å²) >= 11 is 0. The van der Waals surface area contributed by atoms with Crippen molar-refractivity contribution in [1.82, 2.24) is 9.80 Å². The number of hydrogen-bond donors (Lipinski definition) is 4. The van der Waals surface area contributed by atoms with Crippen LogP contribution in [0.3, 0.4) is 0 Å². The number of benzene rings is 2. The molecular formula is C19H32N4O6S2. The summed E-state index contributed by atoms with van der Waals surface area (Å²) in [6.45, 7) is 0. The number of anilines is 2. The predicted molar refractivity (Wildman–Crippen MR) is 123 cm³/mol. The van der Waals surface area contributed by atoms with E-state index in [2.05, 4.69) is 0 Å². The van der Waals surface area contributed by atoms with Crippen LogP contribution in [-0.2, 0) is 26.7 Å². The van der Waals surface area contributed by atoms with Crippen molar-refractivity contribution in [3.63, 3.8) is 0 Å². The molecule has 0 radical (unpaired) electrons. The van der Waals surface area contributed by atoms with Crippen molar-refractivity contribution in [2.45, 2.75) is 16.2 Å². The molecule has 31 heavy (non-hydrogen) atoms. The highest BCUT2D eigenvalue weighted by atomic mass is 32.2. The number of nitrogens with zero attached hydrogens (tertiary/aromatic N) is 2. The van der Waals surface area contributed by atoms with Gasteiger partial charge in [-0.05, 0) is 77.7 Å². The van der Waals surface area contributed by atoms with Crippen molar-refractivity contribution < 1.29 is 25.9 Å². The fourth-order valence-electron chi connectivity index (χ4n) is 2.12. The molecule has 0 bridgehead atoms. The lowest BCUT2D eigenvalue weighted by atomic mass is 10.0. The zero-order valence-corrected chi connectivity index (χ0v) is 20.2. The fourth-order valence-corrected chi connectivity index (χ4v) is 3.63. The average molecular weight is 477 g/mol. The summed E-state index contributed by atoms with van der Waals surface area (Å²) in [4.78, 5) is 3.13. The van der Waals surface area contributed by atoms with Crippen LogP contribution in [-0.4, -0.2) is 78.0 Å². The molecule has 176 valence electrons. The molecule has 0 atom stereocenters. The summed E-state index contributed by atoms with van der Waals surface area (Å²) < 4.78 is 64.3. The summed E-state index contributed by atoms with van der Waals surface area (Å²) in [5.41, 5.74) is 11.5. The van der Waals surface area contributed by atoms with Crippen LogP contribution in [0.5, 0.6) is 0 Å². The molecule has 0 heterocycles. The quantitative estimate of drug-likeness (QED) is 0.373. The second-order valence-corrected chi connectivity index (χ2v) is 10.3. The summed E-state index contributed by atoms with van der Waals surface area (Å²) in [6.07, 6.45) is -0.176. The second kappa shape index (κ2) is 12.0. The standard InChI is InChI=1S/C13H14N2O6S2.2C3H9N/c14-10-3-1-8(12(6-10)22(16,17)18)5-9-2-4-11(15)7-13(9)23(19,20)21;2*1-4(2)3/h1-4,6-7H,5,14-15H2,(H,16,17,18)(H,19,20,21);2*1-3H3. The molecule has 0 amide bonds. The fraction of sp³-hybridized carbons (Fsp3) is 0.368. The van der Waals surface area contributed by atoms with E-state index in [1.54, 1.807) is 0 Å². The van der Waals surface area contributed by atoms with Crippen LogP contribution in [0.2, 0.25) is 0 Å². The first-order valence-electron chi connectivity index (χ1n) is 8.88. The highest BCUT2D eigenvalue weighted by Crippen LogP contribution is 2.26. The summed E-state index contributed by atoms with van der Waals surface area (Å²) in [5, 5.41) is 0. The van der Waals surface area contributed by atoms with E-state index < -0.39 is 30.0 Å². The van der Waals surface area contributed by atoms with Crippen LogP contribution >= 0.6 is 0 Å². The molecule has 10 nitrogen and oxygen atoms in total. The molecule has 0 aromatic heterocycles. The first-order valence-corrected chi connectivity index (χ1v) is 11.8. The van der Waals surface area contributed by atoms with Gasteiger partial charge < -0.3 is 21.3 Å². The molecule has 12 heteroatoms. The minimum absolute atomic E-state index is 0.119. The first kappa shape index (κ1) is 28.8. The monoisotopic (exact) mass is 476 g/mol. The Balaban J connectivity index is 0.000000967. The van der Waals surface area contributed by atoms with Gasteiger partial charge in [-0.15, -0.1) is 0 Å². The van der Waals surface area contributed by atoms with Gasteiger partial charge in [0, 0.05) is 17.8 Å². The second-order valence-electron chi connectivity index (χ2n) is 7.54. The van der Waals surface area contributed by atoms with Gasteiger partial charge in [0.2, 0.25) is 0 Å². The smallest absolute Gasteiger partial charge is 0.294 e. The number of rotatable bonds is 4. The van der Waals surface area contributed by atoms with Gasteiger partial charge in [0.1, 0.15) is 0 Å². The third kappa shape index (κ3) is 11.7. The van der Waals surface area contributed by atoms with Crippen LogP contribution in [0, 0.1) is 0 Å². The van der Waals surface area contributed by atoms with E-state index in [-0.39, 0.29) is 28.9 Å². The SMILES string of the molecule is CN(C)C.CN(C)C.Nc1ccc(Cc2ccc(N)cc2S(=O)(=O)O)c(S(=O)(=O)O)c1. The van der Waals surface area contributed by atoms with Gasteiger partial charge in [-0.1, -0.05) is 12.1 Å². The Morgan fingerprint density at radius 2 is 0.935 bits per heavy atom. The Morgan fingerprint density at radius 3 is 1.16 bits per heavy atom. The number of hydrogen-bond acceptors (Lipinski definition) is 8. The van der Waals surface area contributed by atoms with Gasteiger partial charge in [0.05, 0.1) is 9.79 Å². The van der Waals surface area contributed by atoms with Crippen LogP contribution in [0.1, 0.15) is 11.1 Å². The highest BCUT2D eigenvalue weighted by Gasteiger charge is 2.20. The van der Waals surface area contributed by atoms with Crippen molar-refractivity contribution in [3.8, 4) is 0 Å². The Kier molecular flexibility index (Phi) is 11.1. The third-order valence-corrected chi connectivity index (χ3v) is 4.99. The maximum absolute atomic E-state index is 11.4. The molecule has 0 saturated carbocycles. The van der Waals surface area contributed by atoms with Crippen LogP contribution < -0.4 is 11.5 Å². The maximum Gasteiger partial charge on any atom is 0.294 e. The van der Waals surface area contributed by atoms with Crippen LogP contribution in [0.25, 0.3) is 0 Å². The molecule has 2 rings (SSSR count). The van der Waals surface area contributed by atoms with Gasteiger partial charge >= 0.3 is 0 Å². The van der Waals surface area contributed by atoms with E-state index >= 15 is 0 Å². The van der Waals surface area contributed by atoms with Crippen molar-refractivity contribution in [2.75, 3.05) is 53.8 Å². The lowest BCUT2D eigenvalue weighted by Gasteiger charge is -2.11. The summed E-state index contributed by atoms with van der Waals surface area (Å²) in [5.74, 6) is 0.